The molecule has 0 saturated carbocycles. The van der Waals surface area contributed by atoms with Gasteiger partial charge in [0.2, 0.25) is 5.88 Å². The van der Waals surface area contributed by atoms with E-state index >= 15 is 0 Å². The van der Waals surface area contributed by atoms with Gasteiger partial charge < -0.3 is 9.64 Å². The van der Waals surface area contributed by atoms with Crippen LogP contribution in [0.4, 0.5) is 0 Å². The van der Waals surface area contributed by atoms with Gasteiger partial charge in [0.05, 0.1) is 6.61 Å². The van der Waals surface area contributed by atoms with Gasteiger partial charge in [-0.1, -0.05) is 0 Å². The molecule has 2 aromatic heterocycles. The zero-order chi connectivity index (χ0) is 15.5. The van der Waals surface area contributed by atoms with Crippen LogP contribution in [0.25, 0.3) is 0 Å². The Morgan fingerprint density at radius 3 is 2.82 bits per heavy atom. The van der Waals surface area contributed by atoms with E-state index in [1.54, 1.807) is 15.5 Å². The molecule has 1 aliphatic rings. The number of nitrogens with zero attached hydrogens (tertiary/aromatic N) is 4. The molecule has 2 aromatic rings. The van der Waals surface area contributed by atoms with Crippen molar-refractivity contribution in [1.82, 2.24) is 29.9 Å². The molecule has 9 heteroatoms. The second kappa shape index (κ2) is 6.04. The highest BCUT2D eigenvalue weighted by Crippen LogP contribution is 2.22. The Morgan fingerprint density at radius 1 is 1.41 bits per heavy atom. The van der Waals surface area contributed by atoms with E-state index in [0.29, 0.717) is 31.3 Å². The smallest absolute Gasteiger partial charge is 0.343 e. The molecule has 0 aromatic carbocycles. The molecule has 0 spiro atoms. The fourth-order valence-corrected chi connectivity index (χ4v) is 2.67. The van der Waals surface area contributed by atoms with Gasteiger partial charge in [0.1, 0.15) is 12.0 Å². The Hall–Kier alpha value is -2.58. The summed E-state index contributed by atoms with van der Waals surface area (Å²) in [6, 6.07) is 1.69. The lowest BCUT2D eigenvalue weighted by Gasteiger charge is -2.31. The van der Waals surface area contributed by atoms with E-state index in [9.17, 15) is 9.59 Å². The fraction of sp³-hybridized carbons (Fsp3) is 0.538. The third-order valence-corrected chi connectivity index (χ3v) is 3.80. The van der Waals surface area contributed by atoms with Crippen molar-refractivity contribution in [3.05, 3.63) is 28.6 Å². The monoisotopic (exact) mass is 306 g/mol. The van der Waals surface area contributed by atoms with Crippen molar-refractivity contribution in [3.63, 3.8) is 0 Å². The number of amides is 1. The fourth-order valence-electron chi connectivity index (χ4n) is 2.67. The maximum atomic E-state index is 12.4. The molecule has 0 bridgehead atoms. The highest BCUT2D eigenvalue weighted by molar-refractivity contribution is 5.92. The number of hydrogen-bond acceptors (Lipinski definition) is 5. The standard InChI is InChI=1S/C13H18N6O3/c1-2-22-11-7-10(15-16-11)12(20)18-5-3-9(4-6-18)19-8-14-17-13(19)21/h7-9H,2-6H2,1H3,(H,15,16)(H,17,21). The van der Waals surface area contributed by atoms with Gasteiger partial charge in [0.25, 0.3) is 5.91 Å². The molecule has 1 amide bonds. The summed E-state index contributed by atoms with van der Waals surface area (Å²) in [5.74, 6) is 0.321. The summed E-state index contributed by atoms with van der Waals surface area (Å²) in [5.41, 5.74) is 0.210. The van der Waals surface area contributed by atoms with Gasteiger partial charge in [-0.05, 0) is 19.8 Å². The number of piperidine rings is 1. The molecule has 1 fully saturated rings. The molecule has 0 atom stereocenters. The van der Waals surface area contributed by atoms with Crippen molar-refractivity contribution in [1.29, 1.82) is 0 Å². The van der Waals surface area contributed by atoms with Crippen LogP contribution in [0.2, 0.25) is 0 Å². The van der Waals surface area contributed by atoms with Crippen molar-refractivity contribution >= 4 is 5.91 Å². The normalized spacial score (nSPS) is 16.0. The molecule has 3 rings (SSSR count). The van der Waals surface area contributed by atoms with Crippen molar-refractivity contribution in [2.45, 2.75) is 25.8 Å². The van der Waals surface area contributed by atoms with E-state index in [1.165, 1.54) is 6.33 Å². The molecule has 1 aliphatic heterocycles. The van der Waals surface area contributed by atoms with E-state index in [4.69, 9.17) is 4.74 Å². The zero-order valence-electron chi connectivity index (χ0n) is 12.3. The Labute approximate surface area is 126 Å². The molecular weight excluding hydrogens is 288 g/mol. The van der Waals surface area contributed by atoms with Crippen LogP contribution >= 0.6 is 0 Å². The number of H-pyrrole nitrogens is 2. The number of likely N-dealkylation sites (tertiary alicyclic amines) is 1. The summed E-state index contributed by atoms with van der Waals surface area (Å²) < 4.78 is 6.83. The van der Waals surface area contributed by atoms with Crippen LogP contribution < -0.4 is 10.4 Å². The molecule has 9 nitrogen and oxygen atoms in total. The molecular formula is C13H18N6O3. The van der Waals surface area contributed by atoms with E-state index in [2.05, 4.69) is 20.4 Å². The lowest BCUT2D eigenvalue weighted by molar-refractivity contribution is 0.0687. The number of hydrogen-bond donors (Lipinski definition) is 2. The van der Waals surface area contributed by atoms with E-state index in [0.717, 1.165) is 12.8 Å². The summed E-state index contributed by atoms with van der Waals surface area (Å²) in [7, 11) is 0. The predicted octanol–water partition coefficient (Wildman–Crippen LogP) is 0.170. The van der Waals surface area contributed by atoms with Crippen LogP contribution in [0, 0.1) is 0 Å². The number of ether oxygens (including phenoxy) is 1. The average Bonchev–Trinajstić information content (AvgIpc) is 3.16. The number of carbonyl (C=O) groups excluding carboxylic acids is 1. The van der Waals surface area contributed by atoms with Gasteiger partial charge in [-0.25, -0.2) is 9.89 Å². The van der Waals surface area contributed by atoms with E-state index in [1.807, 2.05) is 6.92 Å². The molecule has 2 N–H and O–H groups in total. The number of aromatic amines is 2. The number of nitrogens with one attached hydrogen (secondary N) is 2. The highest BCUT2D eigenvalue weighted by atomic mass is 16.5. The third-order valence-electron chi connectivity index (χ3n) is 3.80. The summed E-state index contributed by atoms with van der Waals surface area (Å²) in [6.45, 7) is 3.54. The molecule has 22 heavy (non-hydrogen) atoms. The third kappa shape index (κ3) is 2.74. The van der Waals surface area contributed by atoms with Gasteiger partial charge in [-0.2, -0.15) is 5.10 Å². The largest absolute Gasteiger partial charge is 0.477 e. The van der Waals surface area contributed by atoms with Crippen LogP contribution in [0.15, 0.2) is 17.2 Å². The van der Waals surface area contributed by atoms with Gasteiger partial charge in [0.15, 0.2) is 0 Å². The topological polar surface area (TPSA) is 109 Å². The van der Waals surface area contributed by atoms with Crippen LogP contribution in [-0.2, 0) is 0 Å². The van der Waals surface area contributed by atoms with E-state index < -0.39 is 0 Å². The Kier molecular flexibility index (Phi) is 3.94. The van der Waals surface area contributed by atoms with Crippen molar-refractivity contribution in [2.75, 3.05) is 19.7 Å². The number of aromatic nitrogens is 5. The Morgan fingerprint density at radius 2 is 2.18 bits per heavy atom. The average molecular weight is 306 g/mol. The number of rotatable bonds is 4. The van der Waals surface area contributed by atoms with Gasteiger partial charge in [0, 0.05) is 25.2 Å². The van der Waals surface area contributed by atoms with Crippen LogP contribution in [0.1, 0.15) is 36.3 Å². The first-order valence-corrected chi connectivity index (χ1v) is 7.28. The molecule has 0 unspecified atom stereocenters. The second-order valence-corrected chi connectivity index (χ2v) is 5.15. The van der Waals surface area contributed by atoms with Crippen molar-refractivity contribution < 1.29 is 9.53 Å². The maximum absolute atomic E-state index is 12.4. The first-order valence-electron chi connectivity index (χ1n) is 7.28. The van der Waals surface area contributed by atoms with Gasteiger partial charge >= 0.3 is 5.69 Å². The lowest BCUT2D eigenvalue weighted by Crippen LogP contribution is -2.40. The molecule has 118 valence electrons. The second-order valence-electron chi connectivity index (χ2n) is 5.15. The van der Waals surface area contributed by atoms with Crippen molar-refractivity contribution in [2.24, 2.45) is 0 Å². The first-order chi connectivity index (χ1) is 10.7. The van der Waals surface area contributed by atoms with Crippen LogP contribution in [0.3, 0.4) is 0 Å². The summed E-state index contributed by atoms with van der Waals surface area (Å²) in [5, 5.41) is 12.8. The first kappa shape index (κ1) is 14.4. The summed E-state index contributed by atoms with van der Waals surface area (Å²) >= 11 is 0. The summed E-state index contributed by atoms with van der Waals surface area (Å²) in [6.07, 6.45) is 2.95. The Bertz CT molecular complexity index is 694. The van der Waals surface area contributed by atoms with Gasteiger partial charge in [-0.15, -0.1) is 5.10 Å². The minimum Gasteiger partial charge on any atom is -0.477 e. The quantitative estimate of drug-likeness (QED) is 0.837. The Balaban J connectivity index is 1.62. The van der Waals surface area contributed by atoms with Crippen molar-refractivity contribution in [3.8, 4) is 5.88 Å². The minimum absolute atomic E-state index is 0.0797. The van der Waals surface area contributed by atoms with Crippen LogP contribution in [0.5, 0.6) is 5.88 Å². The molecule has 3 heterocycles. The lowest BCUT2D eigenvalue weighted by atomic mass is 10.0. The summed E-state index contributed by atoms with van der Waals surface area (Å²) in [4.78, 5) is 25.7. The van der Waals surface area contributed by atoms with Gasteiger partial charge in [-0.3, -0.25) is 14.5 Å². The molecule has 1 saturated heterocycles. The molecule has 0 aliphatic carbocycles. The predicted molar refractivity (Wildman–Crippen MR) is 76.8 cm³/mol. The van der Waals surface area contributed by atoms with Crippen LogP contribution in [-0.4, -0.2) is 55.5 Å². The number of carbonyl (C=O) groups is 1. The SMILES string of the molecule is CCOc1cc(C(=O)N2CCC(n3cn[nH]c3=O)CC2)[nH]n1. The maximum Gasteiger partial charge on any atom is 0.343 e. The molecule has 0 radical (unpaired) electrons. The zero-order valence-corrected chi connectivity index (χ0v) is 12.3. The van der Waals surface area contributed by atoms with E-state index in [-0.39, 0.29) is 17.6 Å². The minimum atomic E-state index is -0.209. The highest BCUT2D eigenvalue weighted by Gasteiger charge is 2.26.